The molecule has 2 aromatic rings. The van der Waals surface area contributed by atoms with Crippen LogP contribution in [0.3, 0.4) is 0 Å². The Morgan fingerprint density at radius 3 is 2.72 bits per heavy atom. The number of pyridine rings is 1. The van der Waals surface area contributed by atoms with E-state index in [9.17, 15) is 9.50 Å². The minimum Gasteiger partial charge on any atom is -0.387 e. The molecule has 2 fully saturated rings. The number of piperidine rings is 1. The first-order chi connectivity index (χ1) is 12.1. The number of aromatic nitrogens is 1. The Kier molecular flexibility index (Phi) is 4.71. The Labute approximate surface area is 148 Å². The Morgan fingerprint density at radius 1 is 1.04 bits per heavy atom. The van der Waals surface area contributed by atoms with E-state index in [1.54, 1.807) is 6.07 Å². The minimum atomic E-state index is -0.600. The van der Waals surface area contributed by atoms with Gasteiger partial charge in [0.1, 0.15) is 5.82 Å². The highest BCUT2D eigenvalue weighted by molar-refractivity contribution is 5.78. The molecule has 2 aliphatic rings. The molecule has 1 aromatic carbocycles. The standard InChI is InChI=1S/C20H26FN3O/c21-17-5-7-19-16(12-17)4-6-18(22-19)13-24-11-8-20(25,15-24)14-23-9-2-1-3-10-23/h4-7,12,25H,1-3,8-11,13-15H2/t20-/m1/s1. The fourth-order valence-corrected chi connectivity index (χ4v) is 4.19. The van der Waals surface area contributed by atoms with Crippen molar-refractivity contribution in [3.8, 4) is 0 Å². The van der Waals surface area contributed by atoms with Gasteiger partial charge in [-0.3, -0.25) is 9.88 Å². The van der Waals surface area contributed by atoms with Crippen molar-refractivity contribution in [1.29, 1.82) is 0 Å². The summed E-state index contributed by atoms with van der Waals surface area (Å²) in [6, 6.07) is 8.58. The number of hydrogen-bond donors (Lipinski definition) is 1. The second-order valence-electron chi connectivity index (χ2n) is 7.66. The first kappa shape index (κ1) is 16.9. The van der Waals surface area contributed by atoms with Crippen LogP contribution in [0.25, 0.3) is 10.9 Å². The van der Waals surface area contributed by atoms with Gasteiger partial charge in [0.05, 0.1) is 16.8 Å². The molecular weight excluding hydrogens is 317 g/mol. The molecule has 0 amide bonds. The van der Waals surface area contributed by atoms with E-state index in [0.29, 0.717) is 6.54 Å². The molecule has 0 saturated carbocycles. The summed E-state index contributed by atoms with van der Waals surface area (Å²) >= 11 is 0. The van der Waals surface area contributed by atoms with Crippen molar-refractivity contribution in [3.05, 3.63) is 41.8 Å². The smallest absolute Gasteiger partial charge is 0.123 e. The van der Waals surface area contributed by atoms with Gasteiger partial charge in [0.15, 0.2) is 0 Å². The van der Waals surface area contributed by atoms with Crippen LogP contribution < -0.4 is 0 Å². The number of fused-ring (bicyclic) bond motifs is 1. The minimum absolute atomic E-state index is 0.232. The topological polar surface area (TPSA) is 39.6 Å². The number of halogens is 1. The second kappa shape index (κ2) is 6.98. The number of aliphatic hydroxyl groups is 1. The summed E-state index contributed by atoms with van der Waals surface area (Å²) in [6.07, 6.45) is 4.64. The molecule has 3 heterocycles. The van der Waals surface area contributed by atoms with Crippen molar-refractivity contribution < 1.29 is 9.50 Å². The molecule has 0 unspecified atom stereocenters. The van der Waals surface area contributed by atoms with Gasteiger partial charge < -0.3 is 10.0 Å². The van der Waals surface area contributed by atoms with Gasteiger partial charge in [-0.25, -0.2) is 4.39 Å². The van der Waals surface area contributed by atoms with Gasteiger partial charge in [0, 0.05) is 31.6 Å². The maximum Gasteiger partial charge on any atom is 0.123 e. The van der Waals surface area contributed by atoms with Crippen LogP contribution in [-0.4, -0.2) is 58.2 Å². The lowest BCUT2D eigenvalue weighted by molar-refractivity contribution is 0.00628. The maximum absolute atomic E-state index is 13.3. The van der Waals surface area contributed by atoms with Crippen LogP contribution in [0, 0.1) is 5.82 Å². The van der Waals surface area contributed by atoms with Gasteiger partial charge in [-0.1, -0.05) is 12.5 Å². The fourth-order valence-electron chi connectivity index (χ4n) is 4.19. The van der Waals surface area contributed by atoms with E-state index in [1.807, 2.05) is 12.1 Å². The van der Waals surface area contributed by atoms with Gasteiger partial charge in [0.2, 0.25) is 0 Å². The van der Waals surface area contributed by atoms with Crippen LogP contribution in [0.15, 0.2) is 30.3 Å². The highest BCUT2D eigenvalue weighted by Gasteiger charge is 2.37. The van der Waals surface area contributed by atoms with Crippen molar-refractivity contribution in [2.45, 2.75) is 37.8 Å². The number of hydrogen-bond acceptors (Lipinski definition) is 4. The van der Waals surface area contributed by atoms with E-state index < -0.39 is 5.60 Å². The predicted molar refractivity (Wildman–Crippen MR) is 96.8 cm³/mol. The molecular formula is C20H26FN3O. The molecule has 2 saturated heterocycles. The Balaban J connectivity index is 1.39. The average molecular weight is 343 g/mol. The van der Waals surface area contributed by atoms with E-state index in [2.05, 4.69) is 14.8 Å². The van der Waals surface area contributed by atoms with Crippen molar-refractivity contribution in [3.63, 3.8) is 0 Å². The van der Waals surface area contributed by atoms with Gasteiger partial charge in [-0.15, -0.1) is 0 Å². The predicted octanol–water partition coefficient (Wildman–Crippen LogP) is 2.80. The molecule has 1 N–H and O–H groups in total. The third kappa shape index (κ3) is 4.00. The number of rotatable bonds is 4. The van der Waals surface area contributed by atoms with Crippen LogP contribution in [0.1, 0.15) is 31.4 Å². The lowest BCUT2D eigenvalue weighted by atomic mass is 10.0. The van der Waals surface area contributed by atoms with Crippen molar-refractivity contribution >= 4 is 10.9 Å². The van der Waals surface area contributed by atoms with Crippen LogP contribution in [0.5, 0.6) is 0 Å². The molecule has 0 radical (unpaired) electrons. The first-order valence-corrected chi connectivity index (χ1v) is 9.32. The van der Waals surface area contributed by atoms with E-state index in [0.717, 1.165) is 55.7 Å². The Morgan fingerprint density at radius 2 is 1.88 bits per heavy atom. The van der Waals surface area contributed by atoms with Gasteiger partial charge in [-0.2, -0.15) is 0 Å². The highest BCUT2D eigenvalue weighted by Crippen LogP contribution is 2.25. The van der Waals surface area contributed by atoms with E-state index in [4.69, 9.17) is 0 Å². The quantitative estimate of drug-likeness (QED) is 0.927. The third-order valence-corrected chi connectivity index (χ3v) is 5.47. The summed E-state index contributed by atoms with van der Waals surface area (Å²) in [5.74, 6) is -0.232. The Hall–Kier alpha value is -1.56. The second-order valence-corrected chi connectivity index (χ2v) is 7.66. The molecule has 5 heteroatoms. The molecule has 2 aliphatic heterocycles. The first-order valence-electron chi connectivity index (χ1n) is 9.32. The number of β-amino-alcohol motifs (C(OH)–C–C–N with tert-alkyl or cyclic N) is 1. The van der Waals surface area contributed by atoms with Crippen LogP contribution in [0.2, 0.25) is 0 Å². The molecule has 4 rings (SSSR count). The monoisotopic (exact) mass is 343 g/mol. The normalized spacial score (nSPS) is 25.7. The van der Waals surface area contributed by atoms with Gasteiger partial charge in [0.25, 0.3) is 0 Å². The summed E-state index contributed by atoms with van der Waals surface area (Å²) in [7, 11) is 0. The lowest BCUT2D eigenvalue weighted by Gasteiger charge is -2.33. The summed E-state index contributed by atoms with van der Waals surface area (Å²) in [4.78, 5) is 9.33. The summed E-state index contributed by atoms with van der Waals surface area (Å²) in [5, 5.41) is 11.8. The van der Waals surface area contributed by atoms with Crippen molar-refractivity contribution in [1.82, 2.24) is 14.8 Å². The molecule has 0 spiro atoms. The van der Waals surface area contributed by atoms with Gasteiger partial charge in [-0.05, 0) is 56.6 Å². The molecule has 0 aliphatic carbocycles. The largest absolute Gasteiger partial charge is 0.387 e. The van der Waals surface area contributed by atoms with Crippen molar-refractivity contribution in [2.75, 3.05) is 32.7 Å². The molecule has 134 valence electrons. The number of benzene rings is 1. The van der Waals surface area contributed by atoms with Crippen LogP contribution in [-0.2, 0) is 6.54 Å². The SMILES string of the molecule is O[C@@]1(CN2CCCCC2)CCN(Cc2ccc3cc(F)ccc3n2)C1. The molecule has 0 bridgehead atoms. The molecule has 1 atom stereocenters. The van der Waals surface area contributed by atoms with E-state index in [-0.39, 0.29) is 5.82 Å². The molecule has 1 aromatic heterocycles. The summed E-state index contributed by atoms with van der Waals surface area (Å²) < 4.78 is 13.3. The van der Waals surface area contributed by atoms with Crippen molar-refractivity contribution in [2.24, 2.45) is 0 Å². The van der Waals surface area contributed by atoms with Gasteiger partial charge >= 0.3 is 0 Å². The Bertz CT molecular complexity index is 747. The fraction of sp³-hybridized carbons (Fsp3) is 0.550. The van der Waals surface area contributed by atoms with Crippen LogP contribution in [0.4, 0.5) is 4.39 Å². The molecule has 4 nitrogen and oxygen atoms in total. The van der Waals surface area contributed by atoms with E-state index in [1.165, 1.54) is 31.4 Å². The number of likely N-dealkylation sites (tertiary alicyclic amines) is 2. The molecule has 25 heavy (non-hydrogen) atoms. The zero-order valence-electron chi connectivity index (χ0n) is 14.6. The highest BCUT2D eigenvalue weighted by atomic mass is 19.1. The average Bonchev–Trinajstić information content (AvgIpc) is 2.96. The lowest BCUT2D eigenvalue weighted by Crippen LogP contribution is -2.46. The van der Waals surface area contributed by atoms with Crippen LogP contribution >= 0.6 is 0 Å². The third-order valence-electron chi connectivity index (χ3n) is 5.47. The zero-order chi connectivity index (χ0) is 17.3. The zero-order valence-corrected chi connectivity index (χ0v) is 14.6. The summed E-state index contributed by atoms with van der Waals surface area (Å²) in [6.45, 7) is 5.35. The number of nitrogens with zero attached hydrogens (tertiary/aromatic N) is 3. The summed E-state index contributed by atoms with van der Waals surface area (Å²) in [5.41, 5.74) is 1.19. The maximum atomic E-state index is 13.3. The van der Waals surface area contributed by atoms with E-state index >= 15 is 0 Å².